The van der Waals surface area contributed by atoms with E-state index in [0.717, 1.165) is 0 Å². The van der Waals surface area contributed by atoms with E-state index in [0.29, 0.717) is 0 Å². The summed E-state index contributed by atoms with van der Waals surface area (Å²) in [5, 5.41) is 0. The Balaban J connectivity index is 1.52. The van der Waals surface area contributed by atoms with Gasteiger partial charge in [0, 0.05) is 36.2 Å². The van der Waals surface area contributed by atoms with Crippen molar-refractivity contribution in [3.63, 3.8) is 0 Å². The summed E-state index contributed by atoms with van der Waals surface area (Å²) in [7, 11) is 0. The van der Waals surface area contributed by atoms with Gasteiger partial charge in [0.05, 0.1) is 0 Å². The Morgan fingerprint density at radius 3 is 1.08 bits per heavy atom. The predicted octanol–water partition coefficient (Wildman–Crippen LogP) is 5.38. The lowest BCUT2D eigenvalue weighted by atomic mass is 10.0. The van der Waals surface area contributed by atoms with E-state index < -0.39 is 0 Å². The van der Waals surface area contributed by atoms with Crippen LogP contribution in [0.15, 0.2) is 121 Å². The van der Waals surface area contributed by atoms with Crippen molar-refractivity contribution in [2.24, 2.45) is 0 Å². The molecule has 0 aliphatic carbocycles. The zero-order valence-electron chi connectivity index (χ0n) is 13.3. The lowest BCUT2D eigenvalue weighted by molar-refractivity contribution is 1.22. The fourth-order valence-corrected chi connectivity index (χ4v) is 2.78. The van der Waals surface area contributed by atoms with E-state index in [1.54, 1.807) is 0 Å². The van der Waals surface area contributed by atoms with E-state index in [-0.39, 0.29) is 0 Å². The van der Waals surface area contributed by atoms with Gasteiger partial charge >= 0.3 is 0 Å². The summed E-state index contributed by atoms with van der Waals surface area (Å²) in [4.78, 5) is 4.24. The van der Waals surface area contributed by atoms with Crippen LogP contribution < -0.4 is 9.80 Å². The standard InChI is InChI=1S/C22H18N2/c1-3-7-21(8-4-1)23-15-11-19(12-16-23)20-13-17-24(18-14-20)22-9-5-2-6-10-22/h1-18H. The number of anilines is 2. The molecule has 0 spiro atoms. The van der Waals surface area contributed by atoms with Crippen molar-refractivity contribution >= 4 is 11.4 Å². The second-order valence-electron chi connectivity index (χ2n) is 5.66. The van der Waals surface area contributed by atoms with Gasteiger partial charge in [-0.25, -0.2) is 0 Å². The molecular formula is C22H18N2. The smallest absolute Gasteiger partial charge is 0.0449 e. The topological polar surface area (TPSA) is 6.48 Å². The molecule has 0 bridgehead atoms. The zero-order chi connectivity index (χ0) is 16.2. The minimum atomic E-state index is 1.17. The maximum atomic E-state index is 2.15. The van der Waals surface area contributed by atoms with E-state index in [1.807, 2.05) is 12.1 Å². The van der Waals surface area contributed by atoms with Crippen LogP contribution in [0.4, 0.5) is 11.4 Å². The highest BCUT2D eigenvalue weighted by Gasteiger charge is 2.08. The number of allylic oxidation sites excluding steroid dienone is 6. The first-order chi connectivity index (χ1) is 11.9. The molecule has 0 aromatic heterocycles. The first-order valence-electron chi connectivity index (χ1n) is 8.04. The van der Waals surface area contributed by atoms with Crippen LogP contribution in [0, 0.1) is 0 Å². The van der Waals surface area contributed by atoms with Gasteiger partial charge in [0.25, 0.3) is 0 Å². The van der Waals surface area contributed by atoms with Gasteiger partial charge in [-0.15, -0.1) is 0 Å². The highest BCUT2D eigenvalue weighted by atomic mass is 15.1. The number of hydrogen-bond acceptors (Lipinski definition) is 2. The van der Waals surface area contributed by atoms with E-state index in [9.17, 15) is 0 Å². The van der Waals surface area contributed by atoms with Crippen LogP contribution in [0.5, 0.6) is 0 Å². The second kappa shape index (κ2) is 6.47. The van der Waals surface area contributed by atoms with Crippen molar-refractivity contribution in [3.8, 4) is 0 Å². The molecule has 2 aromatic carbocycles. The van der Waals surface area contributed by atoms with E-state index >= 15 is 0 Å². The summed E-state index contributed by atoms with van der Waals surface area (Å²) in [6.07, 6.45) is 17.0. The molecule has 0 fully saturated rings. The molecular weight excluding hydrogens is 292 g/mol. The quantitative estimate of drug-likeness (QED) is 0.735. The maximum absolute atomic E-state index is 2.15. The molecule has 2 aliphatic rings. The summed E-state index contributed by atoms with van der Waals surface area (Å²) in [6.45, 7) is 0. The Morgan fingerprint density at radius 2 is 0.750 bits per heavy atom. The van der Waals surface area contributed by atoms with Crippen molar-refractivity contribution in [1.82, 2.24) is 0 Å². The molecule has 0 atom stereocenters. The van der Waals surface area contributed by atoms with Crippen molar-refractivity contribution < 1.29 is 0 Å². The van der Waals surface area contributed by atoms with Crippen LogP contribution >= 0.6 is 0 Å². The lowest BCUT2D eigenvalue weighted by Crippen LogP contribution is -2.11. The van der Waals surface area contributed by atoms with E-state index in [4.69, 9.17) is 0 Å². The monoisotopic (exact) mass is 310 g/mol. The highest BCUT2D eigenvalue weighted by Crippen LogP contribution is 2.24. The first-order valence-corrected chi connectivity index (χ1v) is 8.04. The van der Waals surface area contributed by atoms with Gasteiger partial charge in [0.2, 0.25) is 0 Å². The molecule has 0 N–H and O–H groups in total. The average molecular weight is 310 g/mol. The largest absolute Gasteiger partial charge is 0.324 e. The lowest BCUT2D eigenvalue weighted by Gasteiger charge is -2.22. The van der Waals surface area contributed by atoms with E-state index in [2.05, 4.69) is 107 Å². The maximum Gasteiger partial charge on any atom is 0.0449 e. The summed E-state index contributed by atoms with van der Waals surface area (Å²) in [6, 6.07) is 20.7. The number of rotatable bonds is 2. The van der Waals surface area contributed by atoms with Gasteiger partial charge in [-0.3, -0.25) is 0 Å². The summed E-state index contributed by atoms with van der Waals surface area (Å²) in [5.74, 6) is 0. The molecule has 2 nitrogen and oxygen atoms in total. The average Bonchev–Trinajstić information content (AvgIpc) is 2.70. The molecule has 2 aromatic rings. The van der Waals surface area contributed by atoms with Crippen LogP contribution in [-0.2, 0) is 0 Å². The Hall–Kier alpha value is -3.26. The fraction of sp³-hybridized carbons (Fsp3) is 0. The predicted molar refractivity (Wildman–Crippen MR) is 101 cm³/mol. The van der Waals surface area contributed by atoms with E-state index in [1.165, 1.54) is 22.5 Å². The molecule has 0 radical (unpaired) electrons. The summed E-state index contributed by atoms with van der Waals surface area (Å²) >= 11 is 0. The molecule has 0 saturated heterocycles. The Kier molecular flexibility index (Phi) is 3.86. The Morgan fingerprint density at radius 1 is 0.417 bits per heavy atom. The molecule has 116 valence electrons. The molecule has 0 unspecified atom stereocenters. The van der Waals surface area contributed by atoms with Crippen molar-refractivity contribution in [1.29, 1.82) is 0 Å². The van der Waals surface area contributed by atoms with Gasteiger partial charge in [0.1, 0.15) is 0 Å². The van der Waals surface area contributed by atoms with Gasteiger partial charge in [0.15, 0.2) is 0 Å². The SMILES string of the molecule is C1=CN(c2ccccc2)C=CC1=C1C=CN(c2ccccc2)C=C1. The van der Waals surface area contributed by atoms with Crippen LogP contribution in [-0.4, -0.2) is 0 Å². The second-order valence-corrected chi connectivity index (χ2v) is 5.66. The Bertz CT molecular complexity index is 750. The highest BCUT2D eigenvalue weighted by molar-refractivity contribution is 5.61. The normalized spacial score (nSPS) is 16.2. The Labute approximate surface area is 142 Å². The van der Waals surface area contributed by atoms with Crippen molar-refractivity contribution in [2.45, 2.75) is 0 Å². The van der Waals surface area contributed by atoms with Crippen molar-refractivity contribution in [2.75, 3.05) is 9.80 Å². The fourth-order valence-electron chi connectivity index (χ4n) is 2.78. The molecule has 0 amide bonds. The minimum absolute atomic E-state index is 1.17. The third-order valence-electron chi connectivity index (χ3n) is 4.10. The molecule has 4 rings (SSSR count). The molecule has 2 heterocycles. The van der Waals surface area contributed by atoms with Gasteiger partial charge in [-0.2, -0.15) is 0 Å². The zero-order valence-corrected chi connectivity index (χ0v) is 13.3. The van der Waals surface area contributed by atoms with Crippen LogP contribution in [0.1, 0.15) is 0 Å². The van der Waals surface area contributed by atoms with Crippen molar-refractivity contribution in [3.05, 3.63) is 121 Å². The minimum Gasteiger partial charge on any atom is -0.324 e. The molecule has 2 aliphatic heterocycles. The van der Waals surface area contributed by atoms with Gasteiger partial charge in [-0.05, 0) is 59.7 Å². The number of nitrogens with zero attached hydrogens (tertiary/aromatic N) is 2. The third-order valence-corrected chi connectivity index (χ3v) is 4.10. The molecule has 2 heteroatoms. The third kappa shape index (κ3) is 2.95. The first kappa shape index (κ1) is 14.3. The number of hydrogen-bond donors (Lipinski definition) is 0. The number of para-hydroxylation sites is 2. The van der Waals surface area contributed by atoms with Crippen LogP contribution in [0.25, 0.3) is 0 Å². The summed E-state index contributed by atoms with van der Waals surface area (Å²) in [5.41, 5.74) is 4.75. The van der Waals surface area contributed by atoms with Gasteiger partial charge < -0.3 is 9.80 Å². The molecule has 0 saturated carbocycles. The van der Waals surface area contributed by atoms with Gasteiger partial charge in [-0.1, -0.05) is 36.4 Å². The summed E-state index contributed by atoms with van der Waals surface area (Å²) < 4.78 is 0. The van der Waals surface area contributed by atoms with Crippen LogP contribution in [0.2, 0.25) is 0 Å². The van der Waals surface area contributed by atoms with Crippen LogP contribution in [0.3, 0.4) is 0 Å². The number of benzene rings is 2. The molecule has 24 heavy (non-hydrogen) atoms.